The molecule has 0 spiro atoms. The normalized spacial score (nSPS) is 15.6. The molecule has 0 saturated carbocycles. The van der Waals surface area contributed by atoms with E-state index in [0.717, 1.165) is 13.1 Å². The highest BCUT2D eigenvalue weighted by atomic mass is 32.2. The highest BCUT2D eigenvalue weighted by molar-refractivity contribution is 7.90. The van der Waals surface area contributed by atoms with Crippen molar-refractivity contribution >= 4 is 21.5 Å². The van der Waals surface area contributed by atoms with E-state index in [-0.39, 0.29) is 10.9 Å². The summed E-state index contributed by atoms with van der Waals surface area (Å²) in [6, 6.07) is 15.2. The molecule has 1 saturated heterocycles. The van der Waals surface area contributed by atoms with Gasteiger partial charge in [-0.1, -0.05) is 12.1 Å². The number of ether oxygens (including phenoxy) is 1. The van der Waals surface area contributed by atoms with E-state index >= 15 is 0 Å². The number of nitrogens with one attached hydrogen (secondary N) is 2. The first-order valence-electron chi connectivity index (χ1n) is 10.6. The number of benzene rings is 2. The monoisotopic (exact) mass is 444 g/mol. The van der Waals surface area contributed by atoms with Crippen LogP contribution in [0.4, 0.5) is 5.69 Å². The van der Waals surface area contributed by atoms with Crippen LogP contribution in [-0.4, -0.2) is 53.9 Å². The number of nitrogens with zero attached hydrogens (tertiary/aromatic N) is 2. The third-order valence-electron chi connectivity index (χ3n) is 5.33. The summed E-state index contributed by atoms with van der Waals surface area (Å²) in [5.74, 6) is 1.33. The van der Waals surface area contributed by atoms with Crippen molar-refractivity contribution in [3.8, 4) is 5.75 Å². The van der Waals surface area contributed by atoms with Crippen molar-refractivity contribution in [3.05, 3.63) is 54.1 Å². The van der Waals surface area contributed by atoms with Gasteiger partial charge in [-0.2, -0.15) is 0 Å². The summed E-state index contributed by atoms with van der Waals surface area (Å²) >= 11 is 0. The average Bonchev–Trinajstić information content (AvgIpc) is 3.30. The maximum absolute atomic E-state index is 11.5. The second kappa shape index (κ2) is 10.5. The maximum atomic E-state index is 11.5. The Morgan fingerprint density at radius 1 is 1.16 bits per heavy atom. The second-order valence-corrected chi connectivity index (χ2v) is 9.76. The fourth-order valence-corrected chi connectivity index (χ4v) is 4.20. The minimum absolute atomic E-state index is 0.109. The molecule has 2 aromatic carbocycles. The molecule has 0 aromatic heterocycles. The van der Waals surface area contributed by atoms with Crippen molar-refractivity contribution in [2.24, 2.45) is 4.99 Å². The van der Waals surface area contributed by atoms with Crippen molar-refractivity contribution in [3.63, 3.8) is 0 Å². The van der Waals surface area contributed by atoms with Crippen molar-refractivity contribution in [2.75, 3.05) is 44.4 Å². The molecule has 1 aliphatic heterocycles. The van der Waals surface area contributed by atoms with Gasteiger partial charge in [0.2, 0.25) is 0 Å². The van der Waals surface area contributed by atoms with Gasteiger partial charge in [0, 0.05) is 32.1 Å². The van der Waals surface area contributed by atoms with Crippen LogP contribution in [0, 0.1) is 0 Å². The summed E-state index contributed by atoms with van der Waals surface area (Å²) in [5, 5.41) is 6.67. The molecule has 1 atom stereocenters. The Labute approximate surface area is 185 Å². The molecule has 31 heavy (non-hydrogen) atoms. The molecule has 0 amide bonds. The van der Waals surface area contributed by atoms with Gasteiger partial charge < -0.3 is 20.3 Å². The summed E-state index contributed by atoms with van der Waals surface area (Å²) in [5.41, 5.74) is 2.50. The molecule has 0 aliphatic carbocycles. The highest BCUT2D eigenvalue weighted by Crippen LogP contribution is 2.24. The molecule has 7 nitrogen and oxygen atoms in total. The molecule has 0 bridgehead atoms. The Kier molecular flexibility index (Phi) is 7.79. The molecule has 1 heterocycles. The fourth-order valence-electron chi connectivity index (χ4n) is 3.57. The predicted octanol–water partition coefficient (Wildman–Crippen LogP) is 3.00. The molecule has 1 fully saturated rings. The van der Waals surface area contributed by atoms with E-state index in [0.29, 0.717) is 24.9 Å². The zero-order valence-corrected chi connectivity index (χ0v) is 19.3. The minimum atomic E-state index is -3.20. The van der Waals surface area contributed by atoms with E-state index in [2.05, 4.69) is 51.7 Å². The van der Waals surface area contributed by atoms with Crippen molar-refractivity contribution in [1.82, 2.24) is 10.6 Å². The number of aliphatic imine (C=N–C) groups is 1. The molecule has 1 aliphatic rings. The topological polar surface area (TPSA) is 83.0 Å². The molecule has 2 N–H and O–H groups in total. The number of anilines is 1. The Balaban J connectivity index is 1.46. The van der Waals surface area contributed by atoms with Gasteiger partial charge in [0.15, 0.2) is 15.8 Å². The van der Waals surface area contributed by atoms with Gasteiger partial charge in [-0.25, -0.2) is 8.42 Å². The molecule has 3 rings (SSSR count). The smallest absolute Gasteiger partial charge is 0.191 e. The maximum Gasteiger partial charge on any atom is 0.191 e. The van der Waals surface area contributed by atoms with Crippen LogP contribution in [0.1, 0.15) is 31.4 Å². The fraction of sp³-hybridized carbons (Fsp3) is 0.435. The molecule has 1 unspecified atom stereocenters. The van der Waals surface area contributed by atoms with Crippen LogP contribution < -0.4 is 20.3 Å². The van der Waals surface area contributed by atoms with Crippen molar-refractivity contribution in [2.45, 2.75) is 30.7 Å². The lowest BCUT2D eigenvalue weighted by Gasteiger charge is -2.22. The summed E-state index contributed by atoms with van der Waals surface area (Å²) in [4.78, 5) is 7.01. The Morgan fingerprint density at radius 2 is 1.87 bits per heavy atom. The number of guanidine groups is 1. The van der Waals surface area contributed by atoms with E-state index < -0.39 is 9.84 Å². The van der Waals surface area contributed by atoms with Gasteiger partial charge in [0.25, 0.3) is 0 Å². The SMILES string of the molecule is CN=C(NCCOc1ccc(S(C)(=O)=O)cc1)NC(C)c1cccc(N2CCCC2)c1. The first-order valence-corrected chi connectivity index (χ1v) is 12.5. The highest BCUT2D eigenvalue weighted by Gasteiger charge is 2.14. The molecule has 8 heteroatoms. The molecule has 0 radical (unpaired) electrons. The van der Waals surface area contributed by atoms with E-state index in [1.165, 1.54) is 30.3 Å². The average molecular weight is 445 g/mol. The third kappa shape index (κ3) is 6.62. The third-order valence-corrected chi connectivity index (χ3v) is 6.46. The Bertz CT molecular complexity index is 984. The molecular formula is C23H32N4O3S. The van der Waals surface area contributed by atoms with Crippen LogP contribution >= 0.6 is 0 Å². The van der Waals surface area contributed by atoms with Gasteiger partial charge in [-0.15, -0.1) is 0 Å². The standard InChI is InChI=1S/C23H32N4O3S/c1-18(19-7-6-8-20(17-19)27-14-4-5-15-27)26-23(24-2)25-13-16-30-21-9-11-22(12-10-21)31(3,28)29/h6-12,17-18H,4-5,13-16H2,1-3H3,(H2,24,25,26). The van der Waals surface area contributed by atoms with Gasteiger partial charge >= 0.3 is 0 Å². The van der Waals surface area contributed by atoms with E-state index in [1.54, 1.807) is 31.3 Å². The quantitative estimate of drug-likeness (QED) is 0.370. The Hall–Kier alpha value is -2.74. The first-order chi connectivity index (χ1) is 14.9. The summed E-state index contributed by atoms with van der Waals surface area (Å²) in [6.45, 7) is 5.37. The first kappa shape index (κ1) is 22.9. The van der Waals surface area contributed by atoms with Crippen LogP contribution in [0.15, 0.2) is 58.4 Å². The van der Waals surface area contributed by atoms with Crippen molar-refractivity contribution in [1.29, 1.82) is 0 Å². The molecular weight excluding hydrogens is 412 g/mol. The summed E-state index contributed by atoms with van der Waals surface area (Å²) < 4.78 is 28.7. The van der Waals surface area contributed by atoms with Crippen LogP contribution in [0.2, 0.25) is 0 Å². The largest absolute Gasteiger partial charge is 0.492 e. The summed E-state index contributed by atoms with van der Waals surface area (Å²) in [7, 11) is -1.45. The van der Waals surface area contributed by atoms with Crippen LogP contribution in [0.25, 0.3) is 0 Å². The lowest BCUT2D eigenvalue weighted by atomic mass is 10.1. The minimum Gasteiger partial charge on any atom is -0.492 e. The van der Waals surface area contributed by atoms with Gasteiger partial charge in [-0.3, -0.25) is 4.99 Å². The number of rotatable bonds is 8. The van der Waals surface area contributed by atoms with Gasteiger partial charge in [0.1, 0.15) is 12.4 Å². The molecule has 168 valence electrons. The summed E-state index contributed by atoms with van der Waals surface area (Å²) in [6.07, 6.45) is 3.71. The lowest BCUT2D eigenvalue weighted by molar-refractivity contribution is 0.321. The van der Waals surface area contributed by atoms with E-state index in [1.807, 2.05) is 0 Å². The number of hydrogen-bond acceptors (Lipinski definition) is 5. The van der Waals surface area contributed by atoms with Gasteiger partial charge in [-0.05, 0) is 61.7 Å². The van der Waals surface area contributed by atoms with Crippen LogP contribution in [0.3, 0.4) is 0 Å². The molecule has 2 aromatic rings. The number of sulfone groups is 1. The van der Waals surface area contributed by atoms with E-state index in [4.69, 9.17) is 4.74 Å². The van der Waals surface area contributed by atoms with Crippen LogP contribution in [-0.2, 0) is 9.84 Å². The number of hydrogen-bond donors (Lipinski definition) is 2. The van der Waals surface area contributed by atoms with E-state index in [9.17, 15) is 8.42 Å². The lowest BCUT2D eigenvalue weighted by Crippen LogP contribution is -2.40. The predicted molar refractivity (Wildman–Crippen MR) is 126 cm³/mol. The van der Waals surface area contributed by atoms with Crippen molar-refractivity contribution < 1.29 is 13.2 Å². The zero-order chi connectivity index (χ0) is 22.3. The van der Waals surface area contributed by atoms with Gasteiger partial charge in [0.05, 0.1) is 17.5 Å². The van der Waals surface area contributed by atoms with Crippen LogP contribution in [0.5, 0.6) is 5.75 Å². The second-order valence-electron chi connectivity index (χ2n) is 7.75. The zero-order valence-electron chi connectivity index (χ0n) is 18.5. The Morgan fingerprint density at radius 3 is 2.52 bits per heavy atom.